The fraction of sp³-hybridized carbons (Fsp3) is 0.0833. The highest BCUT2D eigenvalue weighted by molar-refractivity contribution is 7.14. The van der Waals surface area contributed by atoms with Gasteiger partial charge < -0.3 is 10.2 Å². The molecular formula is C12H10N4O2S. The number of thiophene rings is 1. The van der Waals surface area contributed by atoms with E-state index in [2.05, 4.69) is 5.32 Å². The van der Waals surface area contributed by atoms with Gasteiger partial charge in [-0.05, 0) is 23.6 Å². The van der Waals surface area contributed by atoms with E-state index in [0.717, 1.165) is 16.3 Å². The minimum atomic E-state index is -0.430. The van der Waals surface area contributed by atoms with Gasteiger partial charge in [-0.1, -0.05) is 0 Å². The van der Waals surface area contributed by atoms with Crippen LogP contribution in [0, 0.1) is 15.5 Å². The van der Waals surface area contributed by atoms with Gasteiger partial charge in [-0.25, -0.2) is 0 Å². The van der Waals surface area contributed by atoms with Crippen LogP contribution in [0.25, 0.3) is 0 Å². The second kappa shape index (κ2) is 4.36. The van der Waals surface area contributed by atoms with E-state index in [-0.39, 0.29) is 5.69 Å². The Balaban J connectivity index is 1.91. The lowest BCUT2D eigenvalue weighted by molar-refractivity contribution is -0.384. The Morgan fingerprint density at radius 2 is 2.05 bits per heavy atom. The molecule has 0 bridgehead atoms. The summed E-state index contributed by atoms with van der Waals surface area (Å²) in [6.07, 6.45) is 0. The third-order valence-corrected chi connectivity index (χ3v) is 3.83. The van der Waals surface area contributed by atoms with Gasteiger partial charge >= 0.3 is 0 Å². The first-order valence-corrected chi connectivity index (χ1v) is 6.47. The third-order valence-electron chi connectivity index (χ3n) is 2.96. The molecule has 1 aromatic carbocycles. The number of rotatable bonds is 2. The zero-order valence-corrected chi connectivity index (χ0v) is 10.6. The number of anilines is 2. The molecular weight excluding hydrogens is 264 g/mol. The highest BCUT2D eigenvalue weighted by Crippen LogP contribution is 2.30. The molecule has 0 amide bonds. The van der Waals surface area contributed by atoms with Crippen molar-refractivity contribution in [3.8, 4) is 0 Å². The topological polar surface area (TPSA) is 82.3 Å². The number of nitro groups is 1. The summed E-state index contributed by atoms with van der Waals surface area (Å²) in [6, 6.07) is 8.11. The molecule has 0 saturated carbocycles. The number of hydrogen-bond donors (Lipinski definition) is 2. The van der Waals surface area contributed by atoms with E-state index < -0.39 is 4.92 Å². The average Bonchev–Trinajstić information content (AvgIpc) is 2.88. The molecule has 7 heteroatoms. The SMILES string of the molecule is N=C1c2ccsc2NCN1c1ccc([N+](=O)[O-])cc1. The van der Waals surface area contributed by atoms with Crippen LogP contribution >= 0.6 is 11.3 Å². The summed E-state index contributed by atoms with van der Waals surface area (Å²) in [7, 11) is 0. The second-order valence-corrected chi connectivity index (χ2v) is 4.96. The Kier molecular flexibility index (Phi) is 2.68. The summed E-state index contributed by atoms with van der Waals surface area (Å²) in [4.78, 5) is 12.0. The number of nitrogens with zero attached hydrogens (tertiary/aromatic N) is 2. The van der Waals surface area contributed by atoms with Crippen LogP contribution in [0.3, 0.4) is 0 Å². The molecule has 2 aromatic rings. The lowest BCUT2D eigenvalue weighted by Gasteiger charge is -2.30. The Bertz CT molecular complexity index is 650. The van der Waals surface area contributed by atoms with Crippen LogP contribution in [0.2, 0.25) is 0 Å². The summed E-state index contributed by atoms with van der Waals surface area (Å²) < 4.78 is 0. The molecule has 0 fully saturated rings. The van der Waals surface area contributed by atoms with Gasteiger partial charge in [0.2, 0.25) is 0 Å². The Morgan fingerprint density at radius 1 is 1.32 bits per heavy atom. The van der Waals surface area contributed by atoms with Gasteiger partial charge in [-0.3, -0.25) is 15.5 Å². The normalized spacial score (nSPS) is 13.9. The maximum atomic E-state index is 10.6. The van der Waals surface area contributed by atoms with Crippen molar-refractivity contribution in [3.05, 3.63) is 51.4 Å². The molecule has 1 aromatic heterocycles. The number of fused-ring (bicyclic) bond motifs is 1. The van der Waals surface area contributed by atoms with Crippen molar-refractivity contribution in [2.45, 2.75) is 0 Å². The number of non-ortho nitro benzene ring substituents is 1. The number of nitrogens with one attached hydrogen (secondary N) is 2. The monoisotopic (exact) mass is 274 g/mol. The van der Waals surface area contributed by atoms with Crippen LogP contribution < -0.4 is 10.2 Å². The van der Waals surface area contributed by atoms with Gasteiger partial charge in [-0.2, -0.15) is 0 Å². The molecule has 0 atom stereocenters. The summed E-state index contributed by atoms with van der Waals surface area (Å²) in [5.74, 6) is 0.406. The number of nitro benzene ring substituents is 1. The van der Waals surface area contributed by atoms with Crippen LogP contribution in [0.15, 0.2) is 35.7 Å². The van der Waals surface area contributed by atoms with E-state index in [4.69, 9.17) is 5.41 Å². The van der Waals surface area contributed by atoms with Crippen LogP contribution in [0.5, 0.6) is 0 Å². The summed E-state index contributed by atoms with van der Waals surface area (Å²) >= 11 is 1.56. The molecule has 0 unspecified atom stereocenters. The Morgan fingerprint density at radius 3 is 2.74 bits per heavy atom. The minimum absolute atomic E-state index is 0.0523. The Labute approximate surface area is 113 Å². The predicted octanol–water partition coefficient (Wildman–Crippen LogP) is 2.87. The van der Waals surface area contributed by atoms with Crippen molar-refractivity contribution >= 4 is 33.5 Å². The van der Waals surface area contributed by atoms with Crippen LogP contribution in [0.1, 0.15) is 5.56 Å². The van der Waals surface area contributed by atoms with Crippen LogP contribution in [-0.2, 0) is 0 Å². The van der Waals surface area contributed by atoms with E-state index in [1.165, 1.54) is 12.1 Å². The van der Waals surface area contributed by atoms with Gasteiger partial charge in [0, 0.05) is 17.8 Å². The second-order valence-electron chi connectivity index (χ2n) is 4.05. The smallest absolute Gasteiger partial charge is 0.269 e. The molecule has 1 aliphatic rings. The number of amidine groups is 1. The fourth-order valence-electron chi connectivity index (χ4n) is 1.98. The summed E-state index contributed by atoms with van der Waals surface area (Å²) in [5.41, 5.74) is 1.67. The molecule has 0 saturated heterocycles. The lowest BCUT2D eigenvalue weighted by Crippen LogP contribution is -2.39. The molecule has 0 radical (unpaired) electrons. The van der Waals surface area contributed by atoms with Gasteiger partial charge in [0.1, 0.15) is 10.8 Å². The van der Waals surface area contributed by atoms with Gasteiger partial charge in [0.05, 0.1) is 17.2 Å². The lowest BCUT2D eigenvalue weighted by atomic mass is 10.2. The van der Waals surface area contributed by atoms with Crippen LogP contribution in [-0.4, -0.2) is 17.4 Å². The van der Waals surface area contributed by atoms with Crippen molar-refractivity contribution in [1.82, 2.24) is 0 Å². The first-order valence-electron chi connectivity index (χ1n) is 5.59. The average molecular weight is 274 g/mol. The van der Waals surface area contributed by atoms with Crippen LogP contribution in [0.4, 0.5) is 16.4 Å². The highest BCUT2D eigenvalue weighted by atomic mass is 32.1. The van der Waals surface area contributed by atoms with E-state index in [0.29, 0.717) is 12.5 Å². The van der Waals surface area contributed by atoms with Crippen molar-refractivity contribution in [3.63, 3.8) is 0 Å². The fourth-order valence-corrected chi connectivity index (χ4v) is 2.76. The molecule has 3 rings (SSSR count). The number of benzene rings is 1. The molecule has 0 spiro atoms. The summed E-state index contributed by atoms with van der Waals surface area (Å²) in [6.45, 7) is 0.490. The zero-order chi connectivity index (χ0) is 13.4. The molecule has 19 heavy (non-hydrogen) atoms. The standard InChI is InChI=1S/C12H10N4O2S/c13-11-10-5-6-19-12(10)14-7-15(11)8-1-3-9(4-2-8)16(17)18/h1-6,13-14H,7H2. The van der Waals surface area contributed by atoms with Crippen molar-refractivity contribution in [2.75, 3.05) is 16.9 Å². The van der Waals surface area contributed by atoms with Crippen molar-refractivity contribution in [1.29, 1.82) is 5.41 Å². The largest absolute Gasteiger partial charge is 0.359 e. The molecule has 1 aliphatic heterocycles. The molecule has 0 aliphatic carbocycles. The first kappa shape index (κ1) is 11.7. The first-order chi connectivity index (χ1) is 9.16. The number of hydrogen-bond acceptors (Lipinski definition) is 5. The molecule has 96 valence electrons. The predicted molar refractivity (Wildman–Crippen MR) is 75.2 cm³/mol. The van der Waals surface area contributed by atoms with Gasteiger partial charge in [0.15, 0.2) is 0 Å². The van der Waals surface area contributed by atoms with E-state index >= 15 is 0 Å². The molecule has 6 nitrogen and oxygen atoms in total. The summed E-state index contributed by atoms with van der Waals surface area (Å²) in [5, 5.41) is 25.0. The van der Waals surface area contributed by atoms with Gasteiger partial charge in [-0.15, -0.1) is 11.3 Å². The molecule has 2 heterocycles. The van der Waals surface area contributed by atoms with Crippen molar-refractivity contribution in [2.24, 2.45) is 0 Å². The third kappa shape index (κ3) is 1.93. The molecule has 2 N–H and O–H groups in total. The maximum absolute atomic E-state index is 10.6. The van der Waals surface area contributed by atoms with Crippen molar-refractivity contribution < 1.29 is 4.92 Å². The maximum Gasteiger partial charge on any atom is 0.269 e. The Hall–Kier alpha value is -2.41. The zero-order valence-electron chi connectivity index (χ0n) is 9.79. The highest BCUT2D eigenvalue weighted by Gasteiger charge is 2.23. The van der Waals surface area contributed by atoms with E-state index in [9.17, 15) is 10.1 Å². The van der Waals surface area contributed by atoms with E-state index in [1.54, 1.807) is 28.4 Å². The minimum Gasteiger partial charge on any atom is -0.359 e. The quantitative estimate of drug-likeness (QED) is 0.651. The van der Waals surface area contributed by atoms with E-state index in [1.807, 2.05) is 11.4 Å². The van der Waals surface area contributed by atoms with Gasteiger partial charge in [0.25, 0.3) is 5.69 Å².